The molecule has 1 saturated carbocycles. The van der Waals surface area contributed by atoms with Gasteiger partial charge in [0.2, 0.25) is 5.95 Å². The Hall–Kier alpha value is -2.14. The van der Waals surface area contributed by atoms with Crippen LogP contribution in [-0.2, 0) is 11.3 Å². The second-order valence-electron chi connectivity index (χ2n) is 5.53. The van der Waals surface area contributed by atoms with E-state index < -0.39 is 0 Å². The van der Waals surface area contributed by atoms with E-state index in [0.717, 1.165) is 23.8 Å². The highest BCUT2D eigenvalue weighted by Gasteiger charge is 2.20. The second-order valence-corrected chi connectivity index (χ2v) is 5.53. The highest BCUT2D eigenvalue weighted by atomic mass is 16.5. The first kappa shape index (κ1) is 13.8. The third kappa shape index (κ3) is 3.92. The Kier molecular flexibility index (Phi) is 4.01. The van der Waals surface area contributed by atoms with Crippen molar-refractivity contribution in [1.29, 1.82) is 0 Å². The van der Waals surface area contributed by atoms with Gasteiger partial charge in [0.25, 0.3) is 0 Å². The van der Waals surface area contributed by atoms with Crippen LogP contribution in [-0.4, -0.2) is 22.5 Å². The normalized spacial score (nSPS) is 14.9. The molecular weight excluding hydrogens is 264 g/mol. The van der Waals surface area contributed by atoms with Crippen LogP contribution in [0.5, 0.6) is 0 Å². The van der Waals surface area contributed by atoms with E-state index in [9.17, 15) is 0 Å². The highest BCUT2D eigenvalue weighted by molar-refractivity contribution is 5.79. The van der Waals surface area contributed by atoms with Gasteiger partial charge < -0.3 is 10.5 Å². The van der Waals surface area contributed by atoms with Crippen LogP contribution in [0.3, 0.4) is 0 Å². The van der Waals surface area contributed by atoms with Gasteiger partial charge in [-0.2, -0.15) is 5.10 Å². The molecule has 110 valence electrons. The van der Waals surface area contributed by atoms with E-state index in [1.165, 1.54) is 18.4 Å². The average Bonchev–Trinajstić information content (AvgIpc) is 3.23. The van der Waals surface area contributed by atoms with Crippen molar-refractivity contribution in [3.63, 3.8) is 0 Å². The summed E-state index contributed by atoms with van der Waals surface area (Å²) in [4.78, 5) is 4.10. The van der Waals surface area contributed by atoms with Crippen LogP contribution in [0.15, 0.2) is 35.6 Å². The molecular formula is C16H20N4O. The fourth-order valence-corrected chi connectivity index (χ4v) is 2.05. The van der Waals surface area contributed by atoms with Gasteiger partial charge in [-0.3, -0.25) is 0 Å². The van der Waals surface area contributed by atoms with Crippen molar-refractivity contribution in [2.45, 2.75) is 26.4 Å². The maximum atomic E-state index is 5.74. The number of hydrogen-bond donors (Lipinski definition) is 1. The molecule has 5 heteroatoms. The van der Waals surface area contributed by atoms with Gasteiger partial charge in [0.1, 0.15) is 0 Å². The third-order valence-electron chi connectivity index (χ3n) is 3.46. The SMILES string of the molecule is Cc1cn(N=Cc2ccc(COCC3CC3)cc2)c(N)n1. The van der Waals surface area contributed by atoms with E-state index in [1.54, 1.807) is 17.1 Å². The summed E-state index contributed by atoms with van der Waals surface area (Å²) in [5, 5.41) is 4.29. The highest BCUT2D eigenvalue weighted by Crippen LogP contribution is 2.29. The first-order valence-corrected chi connectivity index (χ1v) is 7.23. The molecule has 0 radical (unpaired) electrons. The summed E-state index contributed by atoms with van der Waals surface area (Å²) >= 11 is 0. The molecule has 1 aliphatic rings. The van der Waals surface area contributed by atoms with E-state index in [0.29, 0.717) is 12.6 Å². The maximum absolute atomic E-state index is 5.74. The zero-order chi connectivity index (χ0) is 14.7. The number of rotatable bonds is 6. The minimum Gasteiger partial charge on any atom is -0.376 e. The van der Waals surface area contributed by atoms with Crippen molar-refractivity contribution in [3.8, 4) is 0 Å². The van der Waals surface area contributed by atoms with Crippen molar-refractivity contribution in [2.75, 3.05) is 12.3 Å². The van der Waals surface area contributed by atoms with E-state index in [-0.39, 0.29) is 0 Å². The molecule has 0 spiro atoms. The molecule has 2 aromatic rings. The van der Waals surface area contributed by atoms with Gasteiger partial charge in [-0.15, -0.1) is 0 Å². The number of benzene rings is 1. The third-order valence-corrected chi connectivity index (χ3v) is 3.46. The van der Waals surface area contributed by atoms with E-state index in [1.807, 2.05) is 19.1 Å². The summed E-state index contributed by atoms with van der Waals surface area (Å²) in [5.74, 6) is 1.20. The molecule has 1 aromatic heterocycles. The Morgan fingerprint density at radius 3 is 2.76 bits per heavy atom. The smallest absolute Gasteiger partial charge is 0.221 e. The summed E-state index contributed by atoms with van der Waals surface area (Å²) in [6.45, 7) is 3.46. The van der Waals surface area contributed by atoms with Crippen LogP contribution in [0, 0.1) is 12.8 Å². The Bertz CT molecular complexity index is 626. The lowest BCUT2D eigenvalue weighted by Crippen LogP contribution is -1.98. The predicted octanol–water partition coefficient (Wildman–Crippen LogP) is 2.58. The lowest BCUT2D eigenvalue weighted by atomic mass is 10.1. The summed E-state index contributed by atoms with van der Waals surface area (Å²) in [5.41, 5.74) is 8.80. The number of nitrogens with two attached hydrogens (primary N) is 1. The monoisotopic (exact) mass is 284 g/mol. The summed E-state index contributed by atoms with van der Waals surface area (Å²) < 4.78 is 7.24. The van der Waals surface area contributed by atoms with Crippen LogP contribution in [0.4, 0.5) is 5.95 Å². The number of aryl methyl sites for hydroxylation is 1. The molecule has 1 aromatic carbocycles. The van der Waals surface area contributed by atoms with Crippen LogP contribution in [0.2, 0.25) is 0 Å². The topological polar surface area (TPSA) is 65.4 Å². The fourth-order valence-electron chi connectivity index (χ4n) is 2.05. The molecule has 1 heterocycles. The van der Waals surface area contributed by atoms with Crippen LogP contribution in [0.25, 0.3) is 0 Å². The molecule has 0 amide bonds. The van der Waals surface area contributed by atoms with Crippen LogP contribution in [0.1, 0.15) is 29.7 Å². The molecule has 0 unspecified atom stereocenters. The summed E-state index contributed by atoms with van der Waals surface area (Å²) in [6.07, 6.45) is 6.22. The Labute approximate surface area is 124 Å². The zero-order valence-corrected chi connectivity index (χ0v) is 12.2. The molecule has 2 N–H and O–H groups in total. The fraction of sp³-hybridized carbons (Fsp3) is 0.375. The van der Waals surface area contributed by atoms with E-state index in [2.05, 4.69) is 22.2 Å². The molecule has 1 aliphatic carbocycles. The minimum atomic E-state index is 0.397. The zero-order valence-electron chi connectivity index (χ0n) is 12.2. The lowest BCUT2D eigenvalue weighted by molar-refractivity contribution is 0.111. The number of anilines is 1. The lowest BCUT2D eigenvalue weighted by Gasteiger charge is -2.03. The van der Waals surface area contributed by atoms with Crippen molar-refractivity contribution in [2.24, 2.45) is 11.0 Å². The average molecular weight is 284 g/mol. The number of hydrogen-bond acceptors (Lipinski definition) is 4. The molecule has 5 nitrogen and oxygen atoms in total. The maximum Gasteiger partial charge on any atom is 0.221 e. The predicted molar refractivity (Wildman–Crippen MR) is 83.2 cm³/mol. The van der Waals surface area contributed by atoms with Gasteiger partial charge in [0.15, 0.2) is 0 Å². The standard InChI is InChI=1S/C16H20N4O/c1-12-9-20(16(17)19-12)18-8-13-2-4-14(5-3-13)10-21-11-15-6-7-15/h2-5,8-9,15H,6-7,10-11H2,1H3,(H2,17,19). The van der Waals surface area contributed by atoms with Gasteiger partial charge in [-0.25, -0.2) is 9.66 Å². The molecule has 0 saturated heterocycles. The molecule has 3 rings (SSSR count). The number of ether oxygens (including phenoxy) is 1. The minimum absolute atomic E-state index is 0.397. The van der Waals surface area contributed by atoms with Crippen molar-refractivity contribution >= 4 is 12.2 Å². The van der Waals surface area contributed by atoms with Gasteiger partial charge in [-0.1, -0.05) is 24.3 Å². The van der Waals surface area contributed by atoms with Crippen molar-refractivity contribution < 1.29 is 4.74 Å². The van der Waals surface area contributed by atoms with Gasteiger partial charge >= 0.3 is 0 Å². The second kappa shape index (κ2) is 6.10. The van der Waals surface area contributed by atoms with Crippen LogP contribution < -0.4 is 5.73 Å². The Morgan fingerprint density at radius 2 is 2.14 bits per heavy atom. The Morgan fingerprint density at radius 1 is 1.38 bits per heavy atom. The number of aromatic nitrogens is 2. The first-order valence-electron chi connectivity index (χ1n) is 7.23. The molecule has 1 fully saturated rings. The van der Waals surface area contributed by atoms with Gasteiger partial charge in [0.05, 0.1) is 24.7 Å². The molecule has 0 atom stereocenters. The summed E-state index contributed by atoms with van der Waals surface area (Å²) in [6, 6.07) is 8.19. The first-order chi connectivity index (χ1) is 10.2. The molecule has 0 bridgehead atoms. The van der Waals surface area contributed by atoms with E-state index >= 15 is 0 Å². The molecule has 21 heavy (non-hydrogen) atoms. The van der Waals surface area contributed by atoms with Crippen LogP contribution >= 0.6 is 0 Å². The van der Waals surface area contributed by atoms with Gasteiger partial charge in [-0.05, 0) is 36.8 Å². The van der Waals surface area contributed by atoms with Crippen molar-refractivity contribution in [3.05, 3.63) is 47.3 Å². The molecule has 0 aliphatic heterocycles. The number of nitrogen functional groups attached to an aromatic ring is 1. The van der Waals surface area contributed by atoms with Gasteiger partial charge in [0, 0.05) is 6.61 Å². The number of imidazole rings is 1. The quantitative estimate of drug-likeness (QED) is 0.829. The largest absolute Gasteiger partial charge is 0.376 e. The number of nitrogens with zero attached hydrogens (tertiary/aromatic N) is 3. The van der Waals surface area contributed by atoms with Crippen molar-refractivity contribution in [1.82, 2.24) is 9.66 Å². The van der Waals surface area contributed by atoms with E-state index in [4.69, 9.17) is 10.5 Å². The Balaban J connectivity index is 1.56. The summed E-state index contributed by atoms with van der Waals surface area (Å²) in [7, 11) is 0.